The number of amides is 1. The molecule has 0 spiro atoms. The number of carbonyl (C=O) groups is 1. The van der Waals surface area contributed by atoms with Gasteiger partial charge in [0.15, 0.2) is 0 Å². The number of nitrogens with zero attached hydrogens (tertiary/aromatic N) is 2. The van der Waals surface area contributed by atoms with Crippen LogP contribution in [0, 0.1) is 10.1 Å². The second kappa shape index (κ2) is 9.20. The number of benzene rings is 2. The molecule has 1 aromatic heterocycles. The standard InChI is InChI=1S/C20H17BrN4O3/c21-17-11-16(25(27)28)8-9-18(17)24-20(26)19(15-6-2-1-3-7-15)23-13-14-5-4-10-22-12-14/h1-12,19,23H,13H2,(H,24,26). The molecule has 2 aromatic carbocycles. The Kier molecular flexibility index (Phi) is 6.46. The zero-order valence-electron chi connectivity index (χ0n) is 14.7. The highest BCUT2D eigenvalue weighted by molar-refractivity contribution is 9.10. The van der Waals surface area contributed by atoms with Gasteiger partial charge in [0.05, 0.1) is 10.6 Å². The van der Waals surface area contributed by atoms with Gasteiger partial charge in [-0.2, -0.15) is 0 Å². The van der Waals surface area contributed by atoms with E-state index in [2.05, 4.69) is 31.5 Å². The molecule has 0 radical (unpaired) electrons. The summed E-state index contributed by atoms with van der Waals surface area (Å²) in [5, 5.41) is 17.0. The van der Waals surface area contributed by atoms with Gasteiger partial charge in [0.2, 0.25) is 5.91 Å². The van der Waals surface area contributed by atoms with Crippen LogP contribution in [0.3, 0.4) is 0 Å². The summed E-state index contributed by atoms with van der Waals surface area (Å²) in [7, 11) is 0. The minimum absolute atomic E-state index is 0.0563. The molecule has 142 valence electrons. The second-order valence-corrected chi connectivity index (χ2v) is 6.85. The molecule has 1 amide bonds. The molecule has 0 saturated carbocycles. The van der Waals surface area contributed by atoms with Crippen LogP contribution in [-0.4, -0.2) is 15.8 Å². The van der Waals surface area contributed by atoms with Gasteiger partial charge < -0.3 is 5.32 Å². The van der Waals surface area contributed by atoms with Crippen molar-refractivity contribution in [3.05, 3.63) is 98.8 Å². The average molecular weight is 441 g/mol. The van der Waals surface area contributed by atoms with Crippen molar-refractivity contribution in [3.63, 3.8) is 0 Å². The zero-order valence-corrected chi connectivity index (χ0v) is 16.3. The van der Waals surface area contributed by atoms with Crippen LogP contribution >= 0.6 is 15.9 Å². The predicted octanol–water partition coefficient (Wildman–Crippen LogP) is 4.22. The first-order chi connectivity index (χ1) is 13.5. The molecule has 2 N–H and O–H groups in total. The molecule has 8 heteroatoms. The van der Waals surface area contributed by atoms with E-state index >= 15 is 0 Å². The molecule has 3 aromatic rings. The number of halogens is 1. The maximum Gasteiger partial charge on any atom is 0.270 e. The molecule has 0 fully saturated rings. The number of hydrogen-bond donors (Lipinski definition) is 2. The topological polar surface area (TPSA) is 97.2 Å². The third-order valence-electron chi connectivity index (χ3n) is 4.05. The Morgan fingerprint density at radius 3 is 2.57 bits per heavy atom. The molecule has 1 unspecified atom stereocenters. The van der Waals surface area contributed by atoms with E-state index in [1.165, 1.54) is 18.2 Å². The molecular formula is C20H17BrN4O3. The Balaban J connectivity index is 1.79. The van der Waals surface area contributed by atoms with Crippen LogP contribution in [0.15, 0.2) is 77.5 Å². The average Bonchev–Trinajstić information content (AvgIpc) is 2.71. The van der Waals surface area contributed by atoms with E-state index in [0.29, 0.717) is 16.7 Å². The zero-order chi connectivity index (χ0) is 19.9. The maximum absolute atomic E-state index is 13.0. The largest absolute Gasteiger partial charge is 0.323 e. The Hall–Kier alpha value is -3.10. The molecule has 3 rings (SSSR count). The van der Waals surface area contributed by atoms with E-state index in [4.69, 9.17) is 0 Å². The van der Waals surface area contributed by atoms with E-state index in [9.17, 15) is 14.9 Å². The SMILES string of the molecule is O=C(Nc1ccc([N+](=O)[O-])cc1Br)C(NCc1cccnc1)c1ccccc1. The van der Waals surface area contributed by atoms with Crippen molar-refractivity contribution in [3.8, 4) is 0 Å². The number of nitrogens with one attached hydrogen (secondary N) is 2. The monoisotopic (exact) mass is 440 g/mol. The van der Waals surface area contributed by atoms with Crippen LogP contribution in [0.4, 0.5) is 11.4 Å². The highest BCUT2D eigenvalue weighted by Gasteiger charge is 2.21. The number of rotatable bonds is 7. The first-order valence-corrected chi connectivity index (χ1v) is 9.26. The van der Waals surface area contributed by atoms with Crippen LogP contribution in [-0.2, 0) is 11.3 Å². The lowest BCUT2D eigenvalue weighted by Crippen LogP contribution is -2.32. The van der Waals surface area contributed by atoms with E-state index in [1.54, 1.807) is 12.4 Å². The van der Waals surface area contributed by atoms with Gasteiger partial charge in [-0.1, -0.05) is 36.4 Å². The lowest BCUT2D eigenvalue weighted by Gasteiger charge is -2.19. The van der Waals surface area contributed by atoms with Crippen molar-refractivity contribution in [2.75, 3.05) is 5.32 Å². The third kappa shape index (κ3) is 4.99. The summed E-state index contributed by atoms with van der Waals surface area (Å²) >= 11 is 3.28. The first-order valence-electron chi connectivity index (χ1n) is 8.46. The summed E-state index contributed by atoms with van der Waals surface area (Å²) < 4.78 is 0.439. The van der Waals surface area contributed by atoms with Crippen molar-refractivity contribution >= 4 is 33.2 Å². The normalized spacial score (nSPS) is 11.6. The van der Waals surface area contributed by atoms with Gasteiger partial charge in [0, 0.05) is 35.5 Å². The van der Waals surface area contributed by atoms with Crippen molar-refractivity contribution in [2.24, 2.45) is 0 Å². The highest BCUT2D eigenvalue weighted by atomic mass is 79.9. The summed E-state index contributed by atoms with van der Waals surface area (Å²) in [6, 6.07) is 16.7. The fraction of sp³-hybridized carbons (Fsp3) is 0.100. The molecule has 7 nitrogen and oxygen atoms in total. The molecule has 0 saturated heterocycles. The number of pyridine rings is 1. The summed E-state index contributed by atoms with van der Waals surface area (Å²) in [5.41, 5.74) is 2.16. The third-order valence-corrected chi connectivity index (χ3v) is 4.71. The lowest BCUT2D eigenvalue weighted by atomic mass is 10.1. The van der Waals surface area contributed by atoms with E-state index in [-0.39, 0.29) is 11.6 Å². The van der Waals surface area contributed by atoms with Crippen molar-refractivity contribution < 1.29 is 9.72 Å². The number of non-ortho nitro benzene ring substituents is 1. The number of carbonyl (C=O) groups excluding carboxylic acids is 1. The molecule has 0 bridgehead atoms. The number of anilines is 1. The van der Waals surface area contributed by atoms with Crippen molar-refractivity contribution in [2.45, 2.75) is 12.6 Å². The Labute approximate surface area is 170 Å². The minimum atomic E-state index is -0.608. The van der Waals surface area contributed by atoms with Crippen LogP contribution in [0.1, 0.15) is 17.2 Å². The van der Waals surface area contributed by atoms with Gasteiger partial charge >= 0.3 is 0 Å². The molecular weight excluding hydrogens is 424 g/mol. The molecule has 28 heavy (non-hydrogen) atoms. The van der Waals surface area contributed by atoms with Gasteiger partial charge in [-0.25, -0.2) is 0 Å². The second-order valence-electron chi connectivity index (χ2n) is 6.00. The summed E-state index contributed by atoms with van der Waals surface area (Å²) in [4.78, 5) is 27.4. The molecule has 0 aliphatic rings. The van der Waals surface area contributed by atoms with E-state index in [0.717, 1.165) is 11.1 Å². The fourth-order valence-electron chi connectivity index (χ4n) is 2.65. The van der Waals surface area contributed by atoms with E-state index in [1.807, 2.05) is 42.5 Å². The molecule has 0 aliphatic carbocycles. The van der Waals surface area contributed by atoms with Crippen LogP contribution in [0.25, 0.3) is 0 Å². The quantitative estimate of drug-likeness (QED) is 0.423. The highest BCUT2D eigenvalue weighted by Crippen LogP contribution is 2.28. The van der Waals surface area contributed by atoms with E-state index < -0.39 is 11.0 Å². The number of nitro benzene ring substituents is 1. The maximum atomic E-state index is 13.0. The lowest BCUT2D eigenvalue weighted by molar-refractivity contribution is -0.384. The Morgan fingerprint density at radius 2 is 1.93 bits per heavy atom. The van der Waals surface area contributed by atoms with Crippen LogP contribution in [0.5, 0.6) is 0 Å². The summed E-state index contributed by atoms with van der Waals surface area (Å²) in [5.74, 6) is -0.273. The van der Waals surface area contributed by atoms with Crippen molar-refractivity contribution in [1.82, 2.24) is 10.3 Å². The van der Waals surface area contributed by atoms with Gasteiger partial charge in [0.25, 0.3) is 5.69 Å². The Bertz CT molecular complexity index is 968. The minimum Gasteiger partial charge on any atom is -0.323 e. The number of hydrogen-bond acceptors (Lipinski definition) is 5. The summed E-state index contributed by atoms with van der Waals surface area (Å²) in [6.07, 6.45) is 3.43. The number of aromatic nitrogens is 1. The Morgan fingerprint density at radius 1 is 1.14 bits per heavy atom. The summed E-state index contributed by atoms with van der Waals surface area (Å²) in [6.45, 7) is 0.461. The van der Waals surface area contributed by atoms with Crippen molar-refractivity contribution in [1.29, 1.82) is 0 Å². The molecule has 0 aliphatic heterocycles. The van der Waals surface area contributed by atoms with Gasteiger partial charge in [-0.3, -0.25) is 25.2 Å². The number of nitro groups is 1. The van der Waals surface area contributed by atoms with Crippen LogP contribution < -0.4 is 10.6 Å². The van der Waals surface area contributed by atoms with Crippen LogP contribution in [0.2, 0.25) is 0 Å². The predicted molar refractivity (Wildman–Crippen MR) is 110 cm³/mol. The molecule has 1 heterocycles. The fourth-order valence-corrected chi connectivity index (χ4v) is 3.12. The van der Waals surface area contributed by atoms with Gasteiger partial charge in [-0.05, 0) is 39.2 Å². The first kappa shape index (κ1) is 19.7. The smallest absolute Gasteiger partial charge is 0.270 e. The van der Waals surface area contributed by atoms with Gasteiger partial charge in [-0.15, -0.1) is 0 Å². The van der Waals surface area contributed by atoms with Gasteiger partial charge in [0.1, 0.15) is 6.04 Å². The molecule has 1 atom stereocenters.